The number of unbranched alkanes of at least 4 members (excludes halogenated alkanes) is 1. The van der Waals surface area contributed by atoms with Gasteiger partial charge in [0.25, 0.3) is 0 Å². The normalized spacial score (nSPS) is 21.1. The number of hydrogen-bond acceptors (Lipinski definition) is 5. The number of amides is 2. The standard InChI is InChI=1S/C22H36N2O5/c1-6-7-13-28-19(26)17(14-22-11-10-18(22)15-24(22)16-25)9-8-12-23(5)20(27)29-21(2,3)4/h15-17H,6-14H2,1-5H3. The van der Waals surface area contributed by atoms with Gasteiger partial charge in [0.15, 0.2) is 0 Å². The molecule has 2 aliphatic rings. The number of fused-ring (bicyclic) bond motifs is 1. The number of carbonyl (C=O) groups is 3. The highest BCUT2D eigenvalue weighted by molar-refractivity contribution is 5.73. The minimum atomic E-state index is -0.536. The van der Waals surface area contributed by atoms with Crippen molar-refractivity contribution < 1.29 is 23.9 Å². The van der Waals surface area contributed by atoms with E-state index in [1.807, 2.05) is 27.0 Å². The van der Waals surface area contributed by atoms with Gasteiger partial charge in [0.2, 0.25) is 6.41 Å². The number of nitrogens with zero attached hydrogens (tertiary/aromatic N) is 2. The second kappa shape index (κ2) is 9.63. The Morgan fingerprint density at radius 3 is 2.59 bits per heavy atom. The third-order valence-electron chi connectivity index (χ3n) is 5.72. The van der Waals surface area contributed by atoms with Crippen LogP contribution in [0.2, 0.25) is 0 Å². The van der Waals surface area contributed by atoms with Crippen molar-refractivity contribution in [3.63, 3.8) is 0 Å². The van der Waals surface area contributed by atoms with Crippen LogP contribution in [-0.2, 0) is 19.1 Å². The first-order valence-corrected chi connectivity index (χ1v) is 10.7. The third-order valence-corrected chi connectivity index (χ3v) is 5.72. The van der Waals surface area contributed by atoms with Crippen LogP contribution in [0.3, 0.4) is 0 Å². The zero-order valence-corrected chi connectivity index (χ0v) is 18.5. The summed E-state index contributed by atoms with van der Waals surface area (Å²) in [5, 5.41) is 0. The van der Waals surface area contributed by atoms with Crippen LogP contribution in [0.4, 0.5) is 4.79 Å². The molecule has 0 spiro atoms. The molecule has 2 unspecified atom stereocenters. The van der Waals surface area contributed by atoms with Gasteiger partial charge >= 0.3 is 12.1 Å². The van der Waals surface area contributed by atoms with Gasteiger partial charge in [0.05, 0.1) is 18.1 Å². The summed E-state index contributed by atoms with van der Waals surface area (Å²) < 4.78 is 10.9. The summed E-state index contributed by atoms with van der Waals surface area (Å²) in [5.41, 5.74) is 0.431. The number of rotatable bonds is 11. The van der Waals surface area contributed by atoms with Crippen LogP contribution in [0.15, 0.2) is 11.8 Å². The van der Waals surface area contributed by atoms with E-state index in [1.165, 1.54) is 5.57 Å². The van der Waals surface area contributed by atoms with Gasteiger partial charge in [-0.05, 0) is 64.9 Å². The Bertz CT molecular complexity index is 640. The molecular formula is C22H36N2O5. The number of carbonyl (C=O) groups excluding carboxylic acids is 3. The first kappa shape index (κ1) is 23.2. The van der Waals surface area contributed by atoms with E-state index in [0.29, 0.717) is 32.4 Å². The van der Waals surface area contributed by atoms with Crippen LogP contribution in [0.1, 0.15) is 72.6 Å². The SMILES string of the molecule is CCCCOC(=O)C(CCCN(C)C(=O)OC(C)(C)C)CC12CCC1=CN2C=O. The van der Waals surface area contributed by atoms with E-state index in [4.69, 9.17) is 9.47 Å². The van der Waals surface area contributed by atoms with E-state index in [0.717, 1.165) is 32.1 Å². The molecule has 7 heteroatoms. The molecule has 0 aromatic rings. The Hall–Kier alpha value is -2.05. The molecule has 1 aliphatic carbocycles. The molecule has 2 rings (SSSR count). The molecule has 0 aromatic heterocycles. The van der Waals surface area contributed by atoms with Crippen LogP contribution in [0.25, 0.3) is 0 Å². The highest BCUT2D eigenvalue weighted by Gasteiger charge is 2.54. The fourth-order valence-corrected chi connectivity index (χ4v) is 3.88. The minimum absolute atomic E-state index is 0.197. The first-order chi connectivity index (χ1) is 13.6. The van der Waals surface area contributed by atoms with Gasteiger partial charge in [-0.2, -0.15) is 0 Å². The summed E-state index contributed by atoms with van der Waals surface area (Å²) in [7, 11) is 1.70. The second-order valence-electron chi connectivity index (χ2n) is 9.16. The highest BCUT2D eigenvalue weighted by Crippen LogP contribution is 2.53. The first-order valence-electron chi connectivity index (χ1n) is 10.7. The van der Waals surface area contributed by atoms with Gasteiger partial charge in [-0.1, -0.05) is 13.3 Å². The van der Waals surface area contributed by atoms with Crippen molar-refractivity contribution in [2.75, 3.05) is 20.2 Å². The van der Waals surface area contributed by atoms with Crippen molar-refractivity contribution in [1.82, 2.24) is 9.80 Å². The maximum absolute atomic E-state index is 12.7. The van der Waals surface area contributed by atoms with Crippen LogP contribution >= 0.6 is 0 Å². The lowest BCUT2D eigenvalue weighted by Gasteiger charge is -2.58. The molecule has 2 amide bonds. The van der Waals surface area contributed by atoms with Gasteiger partial charge in [-0.15, -0.1) is 0 Å². The Balaban J connectivity index is 1.92. The van der Waals surface area contributed by atoms with Crippen LogP contribution in [-0.4, -0.2) is 59.6 Å². The van der Waals surface area contributed by atoms with Crippen LogP contribution < -0.4 is 0 Å². The topological polar surface area (TPSA) is 76.2 Å². The number of esters is 1. The van der Waals surface area contributed by atoms with E-state index in [1.54, 1.807) is 16.8 Å². The summed E-state index contributed by atoms with van der Waals surface area (Å²) in [6, 6.07) is 0. The second-order valence-corrected chi connectivity index (χ2v) is 9.16. The Kier molecular flexibility index (Phi) is 7.72. The Morgan fingerprint density at radius 2 is 2.07 bits per heavy atom. The van der Waals surface area contributed by atoms with Gasteiger partial charge in [0, 0.05) is 19.8 Å². The zero-order valence-electron chi connectivity index (χ0n) is 18.5. The summed E-state index contributed by atoms with van der Waals surface area (Å²) in [6.07, 6.45) is 7.93. The third kappa shape index (κ3) is 5.73. The molecule has 0 bridgehead atoms. The van der Waals surface area contributed by atoms with Gasteiger partial charge in [-0.3, -0.25) is 9.59 Å². The fraction of sp³-hybridized carbons (Fsp3) is 0.773. The van der Waals surface area contributed by atoms with E-state index < -0.39 is 5.60 Å². The molecule has 0 radical (unpaired) electrons. The Labute approximate surface area is 174 Å². The lowest BCUT2D eigenvalue weighted by atomic mass is 9.62. The molecule has 7 nitrogen and oxygen atoms in total. The lowest BCUT2D eigenvalue weighted by Crippen LogP contribution is -2.61. The van der Waals surface area contributed by atoms with Crippen molar-refractivity contribution in [1.29, 1.82) is 0 Å². The molecule has 0 aromatic carbocycles. The summed E-state index contributed by atoms with van der Waals surface area (Å²) >= 11 is 0. The molecular weight excluding hydrogens is 372 g/mol. The van der Waals surface area contributed by atoms with Gasteiger partial charge < -0.3 is 19.3 Å². The quantitative estimate of drug-likeness (QED) is 0.295. The van der Waals surface area contributed by atoms with E-state index >= 15 is 0 Å². The zero-order chi connectivity index (χ0) is 21.7. The molecule has 1 saturated carbocycles. The van der Waals surface area contributed by atoms with Crippen molar-refractivity contribution in [2.24, 2.45) is 5.92 Å². The lowest BCUT2D eigenvalue weighted by molar-refractivity contribution is -0.151. The van der Waals surface area contributed by atoms with Crippen molar-refractivity contribution in [2.45, 2.75) is 83.8 Å². The van der Waals surface area contributed by atoms with Gasteiger partial charge in [-0.25, -0.2) is 4.79 Å². The van der Waals surface area contributed by atoms with E-state index in [9.17, 15) is 14.4 Å². The monoisotopic (exact) mass is 408 g/mol. The predicted molar refractivity (Wildman–Crippen MR) is 110 cm³/mol. The van der Waals surface area contributed by atoms with Crippen molar-refractivity contribution >= 4 is 18.5 Å². The highest BCUT2D eigenvalue weighted by atomic mass is 16.6. The molecule has 1 aliphatic heterocycles. The summed E-state index contributed by atoms with van der Waals surface area (Å²) in [4.78, 5) is 39.4. The smallest absolute Gasteiger partial charge is 0.410 e. The number of hydrogen-bond donors (Lipinski definition) is 0. The molecule has 1 fully saturated rings. The predicted octanol–water partition coefficient (Wildman–Crippen LogP) is 3.87. The molecule has 0 N–H and O–H groups in total. The molecule has 1 heterocycles. The summed E-state index contributed by atoms with van der Waals surface area (Å²) in [5.74, 6) is -0.484. The fourth-order valence-electron chi connectivity index (χ4n) is 3.88. The van der Waals surface area contributed by atoms with Crippen molar-refractivity contribution in [3.05, 3.63) is 11.8 Å². The van der Waals surface area contributed by atoms with E-state index in [2.05, 4.69) is 6.92 Å². The molecule has 164 valence electrons. The Morgan fingerprint density at radius 1 is 1.34 bits per heavy atom. The molecule has 2 atom stereocenters. The maximum atomic E-state index is 12.7. The van der Waals surface area contributed by atoms with Crippen molar-refractivity contribution in [3.8, 4) is 0 Å². The average molecular weight is 409 g/mol. The van der Waals surface area contributed by atoms with Crippen LogP contribution in [0.5, 0.6) is 0 Å². The van der Waals surface area contributed by atoms with Gasteiger partial charge in [0.1, 0.15) is 5.60 Å². The summed E-state index contributed by atoms with van der Waals surface area (Å²) in [6.45, 7) is 8.49. The van der Waals surface area contributed by atoms with E-state index in [-0.39, 0.29) is 23.5 Å². The average Bonchev–Trinajstić information content (AvgIpc) is 2.63. The molecule has 0 saturated heterocycles. The largest absolute Gasteiger partial charge is 0.465 e. The molecule has 29 heavy (non-hydrogen) atoms. The minimum Gasteiger partial charge on any atom is -0.465 e. The van der Waals surface area contributed by atoms with Crippen LogP contribution in [0, 0.1) is 5.92 Å². The number of ether oxygens (including phenoxy) is 2. The maximum Gasteiger partial charge on any atom is 0.410 e.